The van der Waals surface area contributed by atoms with Crippen molar-refractivity contribution in [3.8, 4) is 17.2 Å². The Hall–Kier alpha value is -3.32. The van der Waals surface area contributed by atoms with Gasteiger partial charge in [-0.05, 0) is 67.7 Å². The Morgan fingerprint density at radius 1 is 1.19 bits per heavy atom. The third kappa shape index (κ3) is 5.41. The molecule has 1 aromatic heterocycles. The van der Waals surface area contributed by atoms with Gasteiger partial charge in [0.2, 0.25) is 0 Å². The Morgan fingerprint density at radius 3 is 2.81 bits per heavy atom. The third-order valence-electron chi connectivity index (χ3n) is 6.97. The molecular weight excluding hydrogens is 459 g/mol. The predicted octanol–water partition coefficient (Wildman–Crippen LogP) is 2.70. The number of carbonyl (C=O) groups excluding carboxylic acids is 1. The van der Waals surface area contributed by atoms with Crippen molar-refractivity contribution in [2.24, 2.45) is 0 Å². The highest BCUT2D eigenvalue weighted by Crippen LogP contribution is 2.29. The van der Waals surface area contributed by atoms with Crippen LogP contribution in [0.1, 0.15) is 30.9 Å². The van der Waals surface area contributed by atoms with E-state index in [1.165, 1.54) is 6.07 Å². The van der Waals surface area contributed by atoms with E-state index in [1.54, 1.807) is 6.07 Å². The minimum Gasteiger partial charge on any atom is -0.367 e. The molecule has 0 aliphatic carbocycles. The zero-order chi connectivity index (χ0) is 24.9. The summed E-state index contributed by atoms with van der Waals surface area (Å²) in [4.78, 5) is 12.5. The number of nitrogens with one attached hydrogen (secondary N) is 3. The molecule has 2 aliphatic rings. The molecule has 3 aromatic rings. The van der Waals surface area contributed by atoms with Gasteiger partial charge in [0.05, 0.1) is 23.8 Å². The Balaban J connectivity index is 1.30. The molecule has 0 spiro atoms. The number of nitriles is 1. The quantitative estimate of drug-likeness (QED) is 0.491. The molecule has 2 aliphatic heterocycles. The van der Waals surface area contributed by atoms with Crippen molar-refractivity contribution in [2.75, 3.05) is 32.8 Å². The Kier molecular flexibility index (Phi) is 7.56. The summed E-state index contributed by atoms with van der Waals surface area (Å²) in [6.07, 6.45) is 4.21. The minimum absolute atomic E-state index is 0.0794. The number of aromatic nitrogens is 2. The van der Waals surface area contributed by atoms with E-state index < -0.39 is 18.0 Å². The van der Waals surface area contributed by atoms with Crippen molar-refractivity contribution in [2.45, 2.75) is 43.9 Å². The van der Waals surface area contributed by atoms with E-state index >= 15 is 4.39 Å². The van der Waals surface area contributed by atoms with Crippen LogP contribution >= 0.6 is 0 Å². The van der Waals surface area contributed by atoms with Crippen molar-refractivity contribution in [1.29, 1.82) is 5.26 Å². The number of hydrogen-bond acceptors (Lipinski definition) is 6. The van der Waals surface area contributed by atoms with Crippen LogP contribution in [0.2, 0.25) is 0 Å². The summed E-state index contributed by atoms with van der Waals surface area (Å²) in [5.41, 5.74) is 3.09. The molecule has 2 atom stereocenters. The summed E-state index contributed by atoms with van der Waals surface area (Å²) in [5, 5.41) is 24.5. The Bertz CT molecular complexity index is 1250. The lowest BCUT2D eigenvalue weighted by molar-refractivity contribution is -0.132. The van der Waals surface area contributed by atoms with E-state index in [0.29, 0.717) is 24.8 Å². The highest BCUT2D eigenvalue weighted by molar-refractivity contribution is 5.84. The van der Waals surface area contributed by atoms with Crippen molar-refractivity contribution in [3.63, 3.8) is 0 Å². The lowest BCUT2D eigenvalue weighted by Gasteiger charge is -2.23. The van der Waals surface area contributed by atoms with Gasteiger partial charge in [-0.2, -0.15) is 10.4 Å². The number of ether oxygens (including phenoxy) is 1. The average molecular weight is 491 g/mol. The number of benzene rings is 2. The maximum atomic E-state index is 15.1. The number of hydrogen-bond donors (Lipinski definition) is 3. The molecule has 5 rings (SSSR count). The second-order valence-electron chi connectivity index (χ2n) is 9.46. The molecule has 0 radical (unpaired) electrons. The second-order valence-corrected chi connectivity index (χ2v) is 9.46. The van der Waals surface area contributed by atoms with Crippen LogP contribution in [0.15, 0.2) is 42.6 Å². The second kappa shape index (κ2) is 11.2. The van der Waals surface area contributed by atoms with E-state index in [2.05, 4.69) is 37.9 Å². The van der Waals surface area contributed by atoms with Gasteiger partial charge in [-0.1, -0.05) is 24.3 Å². The lowest BCUT2D eigenvalue weighted by Crippen LogP contribution is -2.46. The van der Waals surface area contributed by atoms with Crippen molar-refractivity contribution in [3.05, 3.63) is 54.0 Å². The van der Waals surface area contributed by atoms with Gasteiger partial charge in [0.1, 0.15) is 18.0 Å². The van der Waals surface area contributed by atoms with E-state index in [9.17, 15) is 10.1 Å². The number of amides is 1. The van der Waals surface area contributed by atoms with Gasteiger partial charge in [0.15, 0.2) is 0 Å². The number of rotatable bonds is 6. The molecule has 9 heteroatoms. The van der Waals surface area contributed by atoms with Crippen molar-refractivity contribution in [1.82, 2.24) is 25.7 Å². The zero-order valence-electron chi connectivity index (χ0n) is 20.2. The fourth-order valence-electron chi connectivity index (χ4n) is 4.95. The van der Waals surface area contributed by atoms with Crippen molar-refractivity contribution >= 4 is 16.8 Å². The highest BCUT2D eigenvalue weighted by Gasteiger charge is 2.24. The number of piperidine rings is 1. The Morgan fingerprint density at radius 2 is 2.00 bits per heavy atom. The lowest BCUT2D eigenvalue weighted by atomic mass is 9.99. The first kappa shape index (κ1) is 24.4. The van der Waals surface area contributed by atoms with Crippen LogP contribution in [0.5, 0.6) is 0 Å². The topological polar surface area (TPSA) is 104 Å². The van der Waals surface area contributed by atoms with Crippen LogP contribution in [0.3, 0.4) is 0 Å². The van der Waals surface area contributed by atoms with Crippen LogP contribution < -0.4 is 16.0 Å². The molecule has 2 saturated heterocycles. The summed E-state index contributed by atoms with van der Waals surface area (Å²) in [6.45, 7) is 3.63. The van der Waals surface area contributed by atoms with E-state index in [-0.39, 0.29) is 12.3 Å². The number of carbonyl (C=O) groups is 1. The standard InChI is InChI=1S/C27H31FN6O2/c28-24-13-18(19-3-5-21-16-32-34(25(21)14-19)23-6-9-30-10-7-23)2-4-20(24)12-22(15-29)33-27(35)26-17-31-8-1-11-36-26/h2-5,13-14,16,22-23,26,30-31H,1,6-12,17H2,(H,33,35)/t22-,26-/m0/s1. The van der Waals surface area contributed by atoms with Gasteiger partial charge in [-0.25, -0.2) is 4.39 Å². The summed E-state index contributed by atoms with van der Waals surface area (Å²) < 4.78 is 22.8. The monoisotopic (exact) mass is 490 g/mol. The fraction of sp³-hybridized carbons (Fsp3) is 0.444. The first-order chi connectivity index (χ1) is 17.6. The summed E-state index contributed by atoms with van der Waals surface area (Å²) in [7, 11) is 0. The molecular formula is C27H31FN6O2. The summed E-state index contributed by atoms with van der Waals surface area (Å²) in [6, 6.07) is 12.7. The van der Waals surface area contributed by atoms with Crippen LogP contribution in [0.4, 0.5) is 4.39 Å². The van der Waals surface area contributed by atoms with Gasteiger partial charge in [0, 0.05) is 25.0 Å². The van der Waals surface area contributed by atoms with Gasteiger partial charge >= 0.3 is 0 Å². The SMILES string of the molecule is N#C[C@H](Cc1ccc(-c2ccc3cnn(C4CCNCC4)c3c2)cc1F)NC(=O)[C@@H]1CNCCCO1. The van der Waals surface area contributed by atoms with Gasteiger partial charge in [-0.3, -0.25) is 9.48 Å². The molecule has 1 amide bonds. The van der Waals surface area contributed by atoms with Gasteiger partial charge in [-0.15, -0.1) is 0 Å². The summed E-state index contributed by atoms with van der Waals surface area (Å²) >= 11 is 0. The normalized spacial score (nSPS) is 19.9. The zero-order valence-corrected chi connectivity index (χ0v) is 20.2. The molecule has 0 saturated carbocycles. The van der Waals surface area contributed by atoms with Gasteiger partial charge in [0.25, 0.3) is 5.91 Å². The van der Waals surface area contributed by atoms with E-state index in [4.69, 9.17) is 4.74 Å². The molecule has 2 aromatic carbocycles. The fourth-order valence-corrected chi connectivity index (χ4v) is 4.95. The van der Waals surface area contributed by atoms with Crippen molar-refractivity contribution < 1.29 is 13.9 Å². The van der Waals surface area contributed by atoms with Crippen LogP contribution in [-0.2, 0) is 16.0 Å². The maximum absolute atomic E-state index is 15.1. The molecule has 0 unspecified atom stereocenters. The van der Waals surface area contributed by atoms with Crippen LogP contribution in [0.25, 0.3) is 22.0 Å². The molecule has 188 valence electrons. The average Bonchev–Trinajstić information content (AvgIpc) is 3.13. The molecule has 8 nitrogen and oxygen atoms in total. The molecule has 2 fully saturated rings. The highest BCUT2D eigenvalue weighted by atomic mass is 19.1. The molecule has 3 heterocycles. The predicted molar refractivity (Wildman–Crippen MR) is 135 cm³/mol. The number of halogens is 1. The smallest absolute Gasteiger partial charge is 0.251 e. The van der Waals surface area contributed by atoms with E-state index in [1.807, 2.05) is 24.4 Å². The van der Waals surface area contributed by atoms with Gasteiger partial charge < -0.3 is 20.7 Å². The Labute approximate surface area is 209 Å². The number of fused-ring (bicyclic) bond motifs is 1. The van der Waals surface area contributed by atoms with E-state index in [0.717, 1.165) is 60.9 Å². The number of nitrogens with zero attached hydrogens (tertiary/aromatic N) is 3. The first-order valence-corrected chi connectivity index (χ1v) is 12.6. The largest absolute Gasteiger partial charge is 0.367 e. The summed E-state index contributed by atoms with van der Waals surface area (Å²) in [5.74, 6) is -0.756. The minimum atomic E-state index is -0.847. The maximum Gasteiger partial charge on any atom is 0.251 e. The van der Waals surface area contributed by atoms with Crippen LogP contribution in [0, 0.1) is 17.1 Å². The molecule has 36 heavy (non-hydrogen) atoms. The van der Waals surface area contributed by atoms with Crippen LogP contribution in [-0.4, -0.2) is 60.6 Å². The molecule has 3 N–H and O–H groups in total. The molecule has 0 bridgehead atoms. The third-order valence-corrected chi connectivity index (χ3v) is 6.97. The first-order valence-electron chi connectivity index (χ1n) is 12.6.